The normalized spacial score (nSPS) is 15.2. The summed E-state index contributed by atoms with van der Waals surface area (Å²) in [6.45, 7) is 5.60. The summed E-state index contributed by atoms with van der Waals surface area (Å²) in [5.41, 5.74) is 0.615. The fourth-order valence-corrected chi connectivity index (χ4v) is 2.32. The van der Waals surface area contributed by atoms with E-state index in [0.717, 1.165) is 0 Å². The van der Waals surface area contributed by atoms with E-state index in [1.165, 1.54) is 11.0 Å². The summed E-state index contributed by atoms with van der Waals surface area (Å²) in [6, 6.07) is 3.09. The summed E-state index contributed by atoms with van der Waals surface area (Å²) in [6.07, 6.45) is 5.42. The Kier molecular flexibility index (Phi) is 3.49. The molecular formula is C15H15ClN2O2. The van der Waals surface area contributed by atoms with E-state index in [1.54, 1.807) is 6.07 Å². The Hall–Kier alpha value is -1.99. The molecule has 0 radical (unpaired) electrons. The summed E-state index contributed by atoms with van der Waals surface area (Å²) in [5.74, 6) is 1.92. The summed E-state index contributed by atoms with van der Waals surface area (Å²) in [4.78, 5) is 26.2. The number of anilines is 1. The number of carbonyl (C=O) groups excluding carboxylic acids is 2. The van der Waals surface area contributed by atoms with Crippen LogP contribution in [0.4, 0.5) is 5.69 Å². The van der Waals surface area contributed by atoms with E-state index in [0.29, 0.717) is 21.8 Å². The van der Waals surface area contributed by atoms with Crippen LogP contribution >= 0.6 is 11.6 Å². The Morgan fingerprint density at radius 2 is 2.00 bits per heavy atom. The standard InChI is InChI=1S/C15H15ClN2O2/c1-5-9-6-10(16)7-11-13(9)17-12(19)8-18(14(11)20)15(2,3)4/h1,6-7H,8H2,2-4H3,(H,17,19). The van der Waals surface area contributed by atoms with Gasteiger partial charge in [0.15, 0.2) is 0 Å². The predicted octanol–water partition coefficient (Wildman–Crippen LogP) is 2.51. The van der Waals surface area contributed by atoms with Gasteiger partial charge in [0, 0.05) is 10.6 Å². The molecule has 5 heteroatoms. The topological polar surface area (TPSA) is 49.4 Å². The first-order chi connectivity index (χ1) is 9.24. The van der Waals surface area contributed by atoms with Crippen LogP contribution in [0.5, 0.6) is 0 Å². The van der Waals surface area contributed by atoms with Gasteiger partial charge in [-0.15, -0.1) is 6.42 Å². The highest BCUT2D eigenvalue weighted by atomic mass is 35.5. The third kappa shape index (κ3) is 2.50. The fourth-order valence-electron chi connectivity index (χ4n) is 2.11. The predicted molar refractivity (Wildman–Crippen MR) is 78.8 cm³/mol. The van der Waals surface area contributed by atoms with Gasteiger partial charge in [-0.1, -0.05) is 17.5 Å². The van der Waals surface area contributed by atoms with Gasteiger partial charge in [0.05, 0.1) is 16.8 Å². The van der Waals surface area contributed by atoms with Gasteiger partial charge in [-0.3, -0.25) is 9.59 Å². The molecule has 0 saturated heterocycles. The molecule has 0 aliphatic carbocycles. The Bertz CT molecular complexity index is 638. The third-order valence-corrected chi connectivity index (χ3v) is 3.33. The first kappa shape index (κ1) is 14.4. The molecule has 1 aromatic rings. The second kappa shape index (κ2) is 4.84. The second-order valence-electron chi connectivity index (χ2n) is 5.63. The van der Waals surface area contributed by atoms with Gasteiger partial charge in [-0.2, -0.15) is 0 Å². The average molecular weight is 291 g/mol. The zero-order chi connectivity index (χ0) is 15.1. The number of carbonyl (C=O) groups is 2. The van der Waals surface area contributed by atoms with Gasteiger partial charge >= 0.3 is 0 Å². The summed E-state index contributed by atoms with van der Waals surface area (Å²) in [7, 11) is 0. The smallest absolute Gasteiger partial charge is 0.256 e. The van der Waals surface area contributed by atoms with Crippen LogP contribution in [-0.2, 0) is 4.79 Å². The first-order valence-corrected chi connectivity index (χ1v) is 6.54. The summed E-state index contributed by atoms with van der Waals surface area (Å²) in [5, 5.41) is 3.07. The number of terminal acetylenes is 1. The van der Waals surface area contributed by atoms with Gasteiger partial charge < -0.3 is 10.2 Å². The number of benzene rings is 1. The maximum Gasteiger partial charge on any atom is 0.256 e. The van der Waals surface area contributed by atoms with Crippen LogP contribution in [0.3, 0.4) is 0 Å². The number of hydrogen-bond donors (Lipinski definition) is 1. The number of hydrogen-bond acceptors (Lipinski definition) is 2. The van der Waals surface area contributed by atoms with Crippen LogP contribution in [0, 0.1) is 12.3 Å². The fraction of sp³-hybridized carbons (Fsp3) is 0.333. The van der Waals surface area contributed by atoms with E-state index < -0.39 is 5.54 Å². The van der Waals surface area contributed by atoms with Crippen molar-refractivity contribution in [1.82, 2.24) is 4.90 Å². The van der Waals surface area contributed by atoms with Crippen molar-refractivity contribution in [1.29, 1.82) is 0 Å². The van der Waals surface area contributed by atoms with Gasteiger partial charge in [0.25, 0.3) is 5.91 Å². The molecule has 1 aliphatic rings. The van der Waals surface area contributed by atoms with Crippen molar-refractivity contribution in [2.24, 2.45) is 0 Å². The maximum absolute atomic E-state index is 12.7. The molecule has 0 saturated carbocycles. The molecule has 0 atom stereocenters. The first-order valence-electron chi connectivity index (χ1n) is 6.16. The highest BCUT2D eigenvalue weighted by molar-refractivity contribution is 6.31. The molecule has 104 valence electrons. The van der Waals surface area contributed by atoms with Gasteiger partial charge in [-0.05, 0) is 32.9 Å². The van der Waals surface area contributed by atoms with Crippen LogP contribution in [0.15, 0.2) is 12.1 Å². The number of fused-ring (bicyclic) bond motifs is 1. The molecule has 1 aromatic carbocycles. The Balaban J connectivity index is 2.67. The summed E-state index contributed by atoms with van der Waals surface area (Å²) < 4.78 is 0. The highest BCUT2D eigenvalue weighted by Crippen LogP contribution is 2.30. The van der Waals surface area contributed by atoms with Crippen molar-refractivity contribution in [3.05, 3.63) is 28.3 Å². The van der Waals surface area contributed by atoms with Crippen LogP contribution < -0.4 is 5.32 Å². The minimum atomic E-state index is -0.478. The van der Waals surface area contributed by atoms with Crippen molar-refractivity contribution >= 4 is 29.1 Å². The lowest BCUT2D eigenvalue weighted by atomic mass is 10.0. The Morgan fingerprint density at radius 3 is 2.55 bits per heavy atom. The number of nitrogens with zero attached hydrogens (tertiary/aromatic N) is 1. The minimum absolute atomic E-state index is 0.0152. The molecule has 4 nitrogen and oxygen atoms in total. The lowest BCUT2D eigenvalue weighted by Gasteiger charge is -2.33. The third-order valence-electron chi connectivity index (χ3n) is 3.11. The van der Waals surface area contributed by atoms with E-state index in [2.05, 4.69) is 11.2 Å². The molecule has 0 fully saturated rings. The monoisotopic (exact) mass is 290 g/mol. The van der Waals surface area contributed by atoms with Crippen molar-refractivity contribution in [2.75, 3.05) is 11.9 Å². The minimum Gasteiger partial charge on any atom is -0.324 e. The van der Waals surface area contributed by atoms with E-state index in [4.69, 9.17) is 18.0 Å². The molecule has 1 aliphatic heterocycles. The zero-order valence-corrected chi connectivity index (χ0v) is 12.3. The van der Waals surface area contributed by atoms with Crippen molar-refractivity contribution in [2.45, 2.75) is 26.3 Å². The SMILES string of the molecule is C#Cc1cc(Cl)cc2c1NC(=O)CN(C(C)(C)C)C2=O. The van der Waals surface area contributed by atoms with E-state index in [9.17, 15) is 9.59 Å². The highest BCUT2D eigenvalue weighted by Gasteiger charge is 2.34. The Labute approximate surface area is 123 Å². The van der Waals surface area contributed by atoms with Gasteiger partial charge in [0.2, 0.25) is 5.91 Å². The largest absolute Gasteiger partial charge is 0.324 e. The second-order valence-corrected chi connectivity index (χ2v) is 6.07. The van der Waals surface area contributed by atoms with E-state index in [1.807, 2.05) is 20.8 Å². The quantitative estimate of drug-likeness (QED) is 0.747. The molecule has 0 aromatic heterocycles. The maximum atomic E-state index is 12.7. The van der Waals surface area contributed by atoms with Crippen LogP contribution in [0.25, 0.3) is 0 Å². The average Bonchev–Trinajstić information content (AvgIpc) is 2.46. The molecule has 1 N–H and O–H groups in total. The van der Waals surface area contributed by atoms with Crippen molar-refractivity contribution < 1.29 is 9.59 Å². The van der Waals surface area contributed by atoms with Crippen LogP contribution in [0.1, 0.15) is 36.7 Å². The lowest BCUT2D eigenvalue weighted by molar-refractivity contribution is -0.117. The number of rotatable bonds is 0. The number of nitrogens with one attached hydrogen (secondary N) is 1. The molecule has 20 heavy (non-hydrogen) atoms. The van der Waals surface area contributed by atoms with E-state index in [-0.39, 0.29) is 18.4 Å². The van der Waals surface area contributed by atoms with Crippen LogP contribution in [-0.4, -0.2) is 28.8 Å². The van der Waals surface area contributed by atoms with Crippen molar-refractivity contribution in [3.8, 4) is 12.3 Å². The number of amides is 2. The molecule has 0 bridgehead atoms. The van der Waals surface area contributed by atoms with Crippen LogP contribution in [0.2, 0.25) is 5.02 Å². The van der Waals surface area contributed by atoms with E-state index >= 15 is 0 Å². The molecule has 2 rings (SSSR count). The number of halogens is 1. The molecule has 2 amide bonds. The van der Waals surface area contributed by atoms with Crippen molar-refractivity contribution in [3.63, 3.8) is 0 Å². The molecule has 1 heterocycles. The molecule has 0 spiro atoms. The molecular weight excluding hydrogens is 276 g/mol. The zero-order valence-electron chi connectivity index (χ0n) is 11.6. The van der Waals surface area contributed by atoms with Gasteiger partial charge in [0.1, 0.15) is 6.54 Å². The molecule has 0 unspecified atom stereocenters. The summed E-state index contributed by atoms with van der Waals surface area (Å²) >= 11 is 6.00. The Morgan fingerprint density at radius 1 is 1.35 bits per heavy atom. The lowest BCUT2D eigenvalue weighted by Crippen LogP contribution is -2.47. The van der Waals surface area contributed by atoms with Gasteiger partial charge in [-0.25, -0.2) is 0 Å².